The highest BCUT2D eigenvalue weighted by Crippen LogP contribution is 2.23. The first-order valence-corrected chi connectivity index (χ1v) is 9.82. The number of hydrogen-bond acceptors (Lipinski definition) is 3. The van der Waals surface area contributed by atoms with Gasteiger partial charge >= 0.3 is 0 Å². The van der Waals surface area contributed by atoms with Crippen LogP contribution in [-0.4, -0.2) is 16.1 Å². The molecule has 5 aromatic rings. The summed E-state index contributed by atoms with van der Waals surface area (Å²) < 4.78 is 19.7. The molecule has 2 aromatic heterocycles. The molecule has 0 saturated heterocycles. The minimum absolute atomic E-state index is 0.0409. The fourth-order valence-electron chi connectivity index (χ4n) is 3.52. The Balaban J connectivity index is 1.43. The zero-order valence-corrected chi connectivity index (χ0v) is 16.4. The number of fused-ring (bicyclic) bond motifs is 2. The Labute approximate surface area is 177 Å². The van der Waals surface area contributed by atoms with E-state index >= 15 is 0 Å². The van der Waals surface area contributed by atoms with Crippen molar-refractivity contribution in [2.45, 2.75) is 6.54 Å². The molecular weight excluding hydrogens is 393 g/mol. The molecule has 0 unspecified atom stereocenters. The third-order valence-electron chi connectivity index (χ3n) is 5.14. The van der Waals surface area contributed by atoms with Crippen molar-refractivity contribution in [3.05, 3.63) is 101 Å². The lowest BCUT2D eigenvalue weighted by atomic mass is 10.1. The van der Waals surface area contributed by atoms with E-state index in [9.17, 15) is 9.18 Å². The maximum atomic E-state index is 14.5. The summed E-state index contributed by atoms with van der Waals surface area (Å²) in [6, 6.07) is 20.6. The van der Waals surface area contributed by atoms with Crippen molar-refractivity contribution < 1.29 is 13.6 Å². The van der Waals surface area contributed by atoms with Gasteiger partial charge in [-0.25, -0.2) is 4.39 Å². The van der Waals surface area contributed by atoms with E-state index in [0.29, 0.717) is 22.4 Å². The number of aromatic amines is 1. The Bertz CT molecular complexity index is 1420. The monoisotopic (exact) mass is 411 g/mol. The van der Waals surface area contributed by atoms with Gasteiger partial charge in [-0.2, -0.15) is 5.10 Å². The number of carbonyl (C=O) groups is 1. The Kier molecular flexibility index (Phi) is 4.80. The summed E-state index contributed by atoms with van der Waals surface area (Å²) in [5.74, 6) is -0.531. The largest absolute Gasteiger partial charge is 0.467 e. The van der Waals surface area contributed by atoms with E-state index in [0.717, 1.165) is 10.9 Å². The zero-order chi connectivity index (χ0) is 21.2. The van der Waals surface area contributed by atoms with Crippen LogP contribution in [0.25, 0.3) is 33.8 Å². The van der Waals surface area contributed by atoms with Crippen LogP contribution < -0.4 is 5.32 Å². The smallest absolute Gasteiger partial charge is 0.254 e. The molecule has 0 spiro atoms. The number of halogens is 1. The highest BCUT2D eigenvalue weighted by molar-refractivity contribution is 6.00. The Hall–Kier alpha value is -4.19. The molecule has 5 rings (SSSR count). The number of nitrogens with zero attached hydrogens (tertiary/aromatic N) is 1. The van der Waals surface area contributed by atoms with E-state index in [1.807, 2.05) is 30.4 Å². The van der Waals surface area contributed by atoms with Crippen molar-refractivity contribution in [2.24, 2.45) is 0 Å². The van der Waals surface area contributed by atoms with Gasteiger partial charge in [0, 0.05) is 11.5 Å². The number of aromatic nitrogens is 2. The first-order valence-electron chi connectivity index (χ1n) is 9.82. The lowest BCUT2D eigenvalue weighted by Gasteiger charge is -2.05. The van der Waals surface area contributed by atoms with Gasteiger partial charge in [-0.05, 0) is 46.7 Å². The second-order valence-corrected chi connectivity index (χ2v) is 7.19. The molecule has 3 aromatic carbocycles. The first kappa shape index (κ1) is 18.8. The quantitative estimate of drug-likeness (QED) is 0.398. The summed E-state index contributed by atoms with van der Waals surface area (Å²) in [5, 5.41) is 12.8. The minimum atomic E-state index is -0.613. The molecule has 5 nitrogen and oxygen atoms in total. The van der Waals surface area contributed by atoms with Gasteiger partial charge in [0.25, 0.3) is 5.91 Å². The van der Waals surface area contributed by atoms with E-state index in [2.05, 4.69) is 39.8 Å². The molecule has 1 amide bonds. The van der Waals surface area contributed by atoms with Crippen LogP contribution in [0, 0.1) is 5.82 Å². The van der Waals surface area contributed by atoms with Crippen molar-refractivity contribution in [3.63, 3.8) is 0 Å². The number of nitrogens with one attached hydrogen (secondary N) is 2. The average molecular weight is 411 g/mol. The molecule has 2 N–H and O–H groups in total. The Morgan fingerprint density at radius 1 is 1.03 bits per heavy atom. The second kappa shape index (κ2) is 7.91. The molecule has 0 saturated carbocycles. The van der Waals surface area contributed by atoms with Crippen LogP contribution in [0.3, 0.4) is 0 Å². The SMILES string of the molecule is O=C(NCc1ccco1)c1cc2c(C=Cc3ccc4ccccc4c3)n[nH]c2cc1F. The average Bonchev–Trinajstić information content (AvgIpc) is 3.45. The van der Waals surface area contributed by atoms with Crippen LogP contribution in [0.1, 0.15) is 27.4 Å². The van der Waals surface area contributed by atoms with Crippen molar-refractivity contribution in [3.8, 4) is 0 Å². The van der Waals surface area contributed by atoms with E-state index in [1.54, 1.807) is 12.1 Å². The van der Waals surface area contributed by atoms with Gasteiger partial charge in [-0.3, -0.25) is 9.89 Å². The summed E-state index contributed by atoms with van der Waals surface area (Å²) >= 11 is 0. The van der Waals surface area contributed by atoms with Crippen LogP contribution in [-0.2, 0) is 6.54 Å². The predicted molar refractivity (Wildman–Crippen MR) is 119 cm³/mol. The molecule has 152 valence electrons. The number of amides is 1. The van der Waals surface area contributed by atoms with Crippen molar-refractivity contribution in [2.75, 3.05) is 0 Å². The third-order valence-corrected chi connectivity index (χ3v) is 5.14. The molecule has 6 heteroatoms. The van der Waals surface area contributed by atoms with Crippen molar-refractivity contribution in [1.29, 1.82) is 0 Å². The lowest BCUT2D eigenvalue weighted by molar-refractivity contribution is 0.0944. The summed E-state index contributed by atoms with van der Waals surface area (Å²) in [6.45, 7) is 0.184. The molecular formula is C25H18FN3O2. The van der Waals surface area contributed by atoms with E-state index in [-0.39, 0.29) is 12.1 Å². The molecule has 0 atom stereocenters. The Morgan fingerprint density at radius 2 is 1.90 bits per heavy atom. The molecule has 0 aliphatic carbocycles. The predicted octanol–water partition coefficient (Wildman–Crippen LogP) is 5.55. The normalized spacial score (nSPS) is 11.5. The molecule has 0 aliphatic heterocycles. The van der Waals surface area contributed by atoms with Gasteiger partial charge in [0.15, 0.2) is 0 Å². The van der Waals surface area contributed by atoms with Gasteiger partial charge in [-0.15, -0.1) is 0 Å². The molecule has 31 heavy (non-hydrogen) atoms. The number of hydrogen-bond donors (Lipinski definition) is 2. The van der Waals surface area contributed by atoms with Gasteiger partial charge in [0.05, 0.1) is 29.6 Å². The second-order valence-electron chi connectivity index (χ2n) is 7.19. The number of H-pyrrole nitrogens is 1. The zero-order valence-electron chi connectivity index (χ0n) is 16.4. The highest BCUT2D eigenvalue weighted by Gasteiger charge is 2.16. The Morgan fingerprint density at radius 3 is 2.74 bits per heavy atom. The molecule has 2 heterocycles. The highest BCUT2D eigenvalue weighted by atomic mass is 19.1. The van der Waals surface area contributed by atoms with Crippen molar-refractivity contribution in [1.82, 2.24) is 15.5 Å². The van der Waals surface area contributed by atoms with Gasteiger partial charge in [0.2, 0.25) is 0 Å². The topological polar surface area (TPSA) is 70.9 Å². The van der Waals surface area contributed by atoms with E-state index in [1.165, 1.54) is 23.8 Å². The fraction of sp³-hybridized carbons (Fsp3) is 0.0400. The minimum Gasteiger partial charge on any atom is -0.467 e. The molecule has 0 fully saturated rings. The lowest BCUT2D eigenvalue weighted by Crippen LogP contribution is -2.23. The number of furan rings is 1. The van der Waals surface area contributed by atoms with Crippen molar-refractivity contribution >= 4 is 39.7 Å². The first-order chi connectivity index (χ1) is 15.2. The summed E-state index contributed by atoms with van der Waals surface area (Å²) in [5.41, 5.74) is 2.13. The van der Waals surface area contributed by atoms with E-state index in [4.69, 9.17) is 4.42 Å². The van der Waals surface area contributed by atoms with Crippen LogP contribution in [0.2, 0.25) is 0 Å². The summed E-state index contributed by atoms with van der Waals surface area (Å²) in [7, 11) is 0. The maximum absolute atomic E-state index is 14.5. The maximum Gasteiger partial charge on any atom is 0.254 e. The number of rotatable bonds is 5. The van der Waals surface area contributed by atoms with E-state index < -0.39 is 11.7 Å². The summed E-state index contributed by atoms with van der Waals surface area (Å²) in [6.07, 6.45) is 5.32. The molecule has 0 radical (unpaired) electrons. The molecule has 0 bridgehead atoms. The van der Waals surface area contributed by atoms with Gasteiger partial charge < -0.3 is 9.73 Å². The van der Waals surface area contributed by atoms with Crippen LogP contribution in [0.5, 0.6) is 0 Å². The van der Waals surface area contributed by atoms with Crippen LogP contribution in [0.15, 0.2) is 77.4 Å². The van der Waals surface area contributed by atoms with Crippen LogP contribution in [0.4, 0.5) is 4.39 Å². The molecule has 0 aliphatic rings. The van der Waals surface area contributed by atoms with Gasteiger partial charge in [-0.1, -0.05) is 42.5 Å². The standard InChI is InChI=1S/C25H18FN3O2/c26-22-14-24-21(13-20(22)25(30)27-15-19-6-3-11-31-19)23(28-29-24)10-8-16-7-9-17-4-1-2-5-18(17)12-16/h1-14H,15H2,(H,27,30)(H,28,29). The number of benzene rings is 3. The van der Waals surface area contributed by atoms with Crippen LogP contribution >= 0.6 is 0 Å². The summed E-state index contributed by atoms with van der Waals surface area (Å²) in [4.78, 5) is 12.5. The number of carbonyl (C=O) groups excluding carboxylic acids is 1. The van der Waals surface area contributed by atoms with Gasteiger partial charge in [0.1, 0.15) is 11.6 Å². The third kappa shape index (κ3) is 3.83. The fourth-order valence-corrected chi connectivity index (χ4v) is 3.52.